The predicted molar refractivity (Wildman–Crippen MR) is 78.4 cm³/mol. The largest absolute Gasteiger partial charge is 0.457 e. The van der Waals surface area contributed by atoms with Crippen molar-refractivity contribution in [3.05, 3.63) is 35.9 Å². The van der Waals surface area contributed by atoms with Crippen LogP contribution in [0.3, 0.4) is 0 Å². The summed E-state index contributed by atoms with van der Waals surface area (Å²) in [6.45, 7) is 4.43. The summed E-state index contributed by atoms with van der Waals surface area (Å²) in [6, 6.07) is 9.57. The van der Waals surface area contributed by atoms with Gasteiger partial charge in [0.25, 0.3) is 0 Å². The number of esters is 1. The van der Waals surface area contributed by atoms with Gasteiger partial charge >= 0.3 is 5.97 Å². The second-order valence-corrected chi connectivity index (χ2v) is 5.68. The summed E-state index contributed by atoms with van der Waals surface area (Å²) < 4.78 is 11.4. The lowest BCUT2D eigenvalue weighted by Gasteiger charge is -2.34. The average molecular weight is 276 g/mol. The van der Waals surface area contributed by atoms with Crippen LogP contribution in [0.15, 0.2) is 30.3 Å². The normalized spacial score (nSPS) is 19.3. The number of carbonyl (C=O) groups excluding carboxylic acids is 1. The Bertz CT molecular complexity index is 421. The molecule has 1 aliphatic carbocycles. The van der Waals surface area contributed by atoms with Gasteiger partial charge in [0, 0.05) is 6.61 Å². The molecule has 0 amide bonds. The van der Waals surface area contributed by atoms with E-state index < -0.39 is 6.10 Å². The third-order valence-electron chi connectivity index (χ3n) is 3.91. The van der Waals surface area contributed by atoms with Gasteiger partial charge in [-0.2, -0.15) is 0 Å². The zero-order valence-corrected chi connectivity index (χ0v) is 12.4. The first-order valence-corrected chi connectivity index (χ1v) is 7.54. The van der Waals surface area contributed by atoms with Crippen LogP contribution in [0.25, 0.3) is 0 Å². The molecule has 1 saturated carbocycles. The fourth-order valence-electron chi connectivity index (χ4n) is 2.79. The second-order valence-electron chi connectivity index (χ2n) is 5.68. The van der Waals surface area contributed by atoms with E-state index in [9.17, 15) is 4.79 Å². The van der Waals surface area contributed by atoms with Gasteiger partial charge in [-0.3, -0.25) is 0 Å². The zero-order valence-electron chi connectivity index (χ0n) is 12.4. The summed E-state index contributed by atoms with van der Waals surface area (Å²) >= 11 is 0. The Balaban J connectivity index is 2.07. The number of benzene rings is 1. The van der Waals surface area contributed by atoms with E-state index in [4.69, 9.17) is 9.47 Å². The molecule has 0 saturated heterocycles. The summed E-state index contributed by atoms with van der Waals surface area (Å²) in [6.07, 6.45) is 4.79. The molecule has 0 N–H and O–H groups in total. The number of ether oxygens (including phenoxy) is 2. The lowest BCUT2D eigenvalue weighted by Crippen LogP contribution is -2.36. The molecule has 1 aromatic rings. The number of rotatable bonds is 5. The Hall–Kier alpha value is -1.35. The van der Waals surface area contributed by atoms with E-state index >= 15 is 0 Å². The molecule has 3 nitrogen and oxygen atoms in total. The first kappa shape index (κ1) is 15.0. The van der Waals surface area contributed by atoms with Gasteiger partial charge in [-0.05, 0) is 45.1 Å². The fraction of sp³-hybridized carbons (Fsp3) is 0.588. The van der Waals surface area contributed by atoms with Crippen molar-refractivity contribution in [1.82, 2.24) is 0 Å². The highest BCUT2D eigenvalue weighted by Crippen LogP contribution is 2.33. The Morgan fingerprint density at radius 1 is 1.20 bits per heavy atom. The maximum atomic E-state index is 12.5. The molecule has 1 aliphatic rings. The molecule has 0 radical (unpaired) electrons. The second kappa shape index (κ2) is 6.89. The highest BCUT2D eigenvalue weighted by atomic mass is 16.6. The number of hydrogen-bond acceptors (Lipinski definition) is 3. The molecule has 1 unspecified atom stereocenters. The highest BCUT2D eigenvalue weighted by Gasteiger charge is 2.34. The van der Waals surface area contributed by atoms with E-state index in [-0.39, 0.29) is 11.6 Å². The quantitative estimate of drug-likeness (QED) is 0.762. The zero-order chi connectivity index (χ0) is 14.4. The van der Waals surface area contributed by atoms with Crippen LogP contribution in [-0.4, -0.2) is 18.2 Å². The molecule has 0 aliphatic heterocycles. The Morgan fingerprint density at radius 3 is 2.45 bits per heavy atom. The Labute approximate surface area is 121 Å². The van der Waals surface area contributed by atoms with Crippen LogP contribution in [0, 0.1) is 0 Å². The SMILES string of the molecule is CCOC(C(=O)OC1(C)CCCCC1)c1ccccc1. The molecule has 0 aromatic heterocycles. The molecule has 0 heterocycles. The molecule has 3 heteroatoms. The van der Waals surface area contributed by atoms with Crippen LogP contribution in [0.4, 0.5) is 0 Å². The lowest BCUT2D eigenvalue weighted by molar-refractivity contribution is -0.175. The standard InChI is InChI=1S/C17H24O3/c1-3-19-15(14-10-6-4-7-11-14)16(18)20-17(2)12-8-5-9-13-17/h4,6-7,10-11,15H,3,5,8-9,12-13H2,1-2H3. The summed E-state index contributed by atoms with van der Waals surface area (Å²) in [5.74, 6) is -0.262. The first-order chi connectivity index (χ1) is 9.64. The van der Waals surface area contributed by atoms with Gasteiger partial charge in [0.15, 0.2) is 6.10 Å². The summed E-state index contributed by atoms with van der Waals surface area (Å²) in [4.78, 5) is 12.5. The Morgan fingerprint density at radius 2 is 1.85 bits per heavy atom. The van der Waals surface area contributed by atoms with Crippen LogP contribution in [0.1, 0.15) is 57.6 Å². The number of carbonyl (C=O) groups is 1. The molecule has 1 atom stereocenters. The third-order valence-corrected chi connectivity index (χ3v) is 3.91. The summed E-state index contributed by atoms with van der Waals surface area (Å²) in [5, 5.41) is 0. The molecule has 20 heavy (non-hydrogen) atoms. The maximum absolute atomic E-state index is 12.5. The molecular weight excluding hydrogens is 252 g/mol. The minimum absolute atomic E-state index is 0.262. The molecule has 0 bridgehead atoms. The minimum atomic E-state index is -0.611. The molecule has 1 aromatic carbocycles. The van der Waals surface area contributed by atoms with Gasteiger partial charge in [-0.15, -0.1) is 0 Å². The van der Waals surface area contributed by atoms with Crippen molar-refractivity contribution in [2.45, 2.75) is 57.7 Å². The fourth-order valence-corrected chi connectivity index (χ4v) is 2.79. The molecule has 110 valence electrons. The lowest BCUT2D eigenvalue weighted by atomic mass is 9.86. The van der Waals surface area contributed by atoms with Crippen LogP contribution < -0.4 is 0 Å². The monoisotopic (exact) mass is 276 g/mol. The van der Waals surface area contributed by atoms with Gasteiger partial charge in [0.2, 0.25) is 0 Å². The smallest absolute Gasteiger partial charge is 0.340 e. The van der Waals surface area contributed by atoms with Gasteiger partial charge in [-0.25, -0.2) is 4.79 Å². The van der Waals surface area contributed by atoms with E-state index in [2.05, 4.69) is 0 Å². The van der Waals surface area contributed by atoms with E-state index in [1.807, 2.05) is 44.2 Å². The van der Waals surface area contributed by atoms with Crippen LogP contribution in [0.5, 0.6) is 0 Å². The molecule has 1 fully saturated rings. The van der Waals surface area contributed by atoms with Crippen molar-refractivity contribution in [2.24, 2.45) is 0 Å². The topological polar surface area (TPSA) is 35.5 Å². The first-order valence-electron chi connectivity index (χ1n) is 7.54. The summed E-state index contributed by atoms with van der Waals surface area (Å²) in [5.41, 5.74) is 0.540. The van der Waals surface area contributed by atoms with Crippen LogP contribution in [0.2, 0.25) is 0 Å². The van der Waals surface area contributed by atoms with Crippen molar-refractivity contribution in [2.75, 3.05) is 6.61 Å². The molecule has 0 spiro atoms. The van der Waals surface area contributed by atoms with Crippen molar-refractivity contribution in [3.8, 4) is 0 Å². The number of hydrogen-bond donors (Lipinski definition) is 0. The molecular formula is C17H24O3. The Kier molecular flexibility index (Phi) is 5.18. The van der Waals surface area contributed by atoms with Crippen molar-refractivity contribution >= 4 is 5.97 Å². The highest BCUT2D eigenvalue weighted by molar-refractivity contribution is 5.77. The van der Waals surface area contributed by atoms with E-state index in [1.165, 1.54) is 6.42 Å². The van der Waals surface area contributed by atoms with Gasteiger partial charge < -0.3 is 9.47 Å². The van der Waals surface area contributed by atoms with E-state index in [0.29, 0.717) is 6.61 Å². The average Bonchev–Trinajstić information content (AvgIpc) is 2.46. The van der Waals surface area contributed by atoms with Crippen molar-refractivity contribution in [1.29, 1.82) is 0 Å². The van der Waals surface area contributed by atoms with Gasteiger partial charge in [-0.1, -0.05) is 36.8 Å². The summed E-state index contributed by atoms with van der Waals surface area (Å²) in [7, 11) is 0. The predicted octanol–water partition coefficient (Wildman–Crippen LogP) is 4.03. The van der Waals surface area contributed by atoms with Crippen LogP contribution >= 0.6 is 0 Å². The van der Waals surface area contributed by atoms with Crippen molar-refractivity contribution < 1.29 is 14.3 Å². The third kappa shape index (κ3) is 3.83. The molecule has 2 rings (SSSR count). The van der Waals surface area contributed by atoms with E-state index in [1.54, 1.807) is 0 Å². The minimum Gasteiger partial charge on any atom is -0.457 e. The maximum Gasteiger partial charge on any atom is 0.340 e. The van der Waals surface area contributed by atoms with Gasteiger partial charge in [0.1, 0.15) is 5.60 Å². The van der Waals surface area contributed by atoms with E-state index in [0.717, 1.165) is 31.2 Å². The van der Waals surface area contributed by atoms with Crippen LogP contribution in [-0.2, 0) is 14.3 Å². The van der Waals surface area contributed by atoms with Crippen molar-refractivity contribution in [3.63, 3.8) is 0 Å². The van der Waals surface area contributed by atoms with Gasteiger partial charge in [0.05, 0.1) is 0 Å².